The third-order valence-electron chi connectivity index (χ3n) is 1.72. The minimum absolute atomic E-state index is 0.126. The van der Waals surface area contributed by atoms with Crippen molar-refractivity contribution in [3.63, 3.8) is 0 Å². The van der Waals surface area contributed by atoms with Crippen LogP contribution < -0.4 is 5.73 Å². The summed E-state index contributed by atoms with van der Waals surface area (Å²) >= 11 is 0. The van der Waals surface area contributed by atoms with E-state index in [4.69, 9.17) is 15.6 Å². The number of hydrogen-bond acceptors (Lipinski definition) is 4. The number of aliphatic hydroxyl groups excluding tert-OH is 1. The number of ether oxygens (including phenoxy) is 1. The van der Waals surface area contributed by atoms with E-state index in [1.165, 1.54) is 0 Å². The molecule has 1 heterocycles. The van der Waals surface area contributed by atoms with Crippen LogP contribution >= 0.6 is 0 Å². The molecular weight excluding hydrogens is 146 g/mol. The van der Waals surface area contributed by atoms with Crippen molar-refractivity contribution in [1.82, 2.24) is 0 Å². The van der Waals surface area contributed by atoms with E-state index in [-0.39, 0.29) is 18.5 Å². The van der Waals surface area contributed by atoms with Crippen LogP contribution in [0, 0.1) is 0 Å². The molecule has 0 aromatic carbocycles. The lowest BCUT2D eigenvalue weighted by Gasteiger charge is -2.25. The molecule has 4 nitrogen and oxygen atoms in total. The topological polar surface area (TPSA) is 72.5 Å². The van der Waals surface area contributed by atoms with E-state index >= 15 is 0 Å². The van der Waals surface area contributed by atoms with E-state index in [0.717, 1.165) is 0 Å². The van der Waals surface area contributed by atoms with E-state index in [2.05, 4.69) is 0 Å². The zero-order chi connectivity index (χ0) is 8.27. The number of nitrogens with two attached hydrogens (primary N) is 1. The first-order valence-electron chi connectivity index (χ1n) is 3.80. The van der Waals surface area contributed by atoms with Gasteiger partial charge in [0.25, 0.3) is 0 Å². The maximum absolute atomic E-state index is 10.7. The Labute approximate surface area is 65.3 Å². The molecule has 0 bridgehead atoms. The number of cyclic esters (lactones) is 1. The quantitative estimate of drug-likeness (QED) is 0.528. The fourth-order valence-electron chi connectivity index (χ4n) is 1.22. The highest BCUT2D eigenvalue weighted by molar-refractivity contribution is 5.70. The molecule has 0 saturated carbocycles. The number of aliphatic hydroxyl groups is 1. The van der Waals surface area contributed by atoms with E-state index in [0.29, 0.717) is 19.4 Å². The molecular formula is C7H13NO3. The molecule has 0 unspecified atom stereocenters. The number of hydrogen-bond donors (Lipinski definition) is 2. The van der Waals surface area contributed by atoms with Crippen molar-refractivity contribution in [1.29, 1.82) is 0 Å². The Kier molecular flexibility index (Phi) is 2.84. The number of rotatable bonds is 2. The molecule has 1 rings (SSSR count). The van der Waals surface area contributed by atoms with Crippen LogP contribution in [0.4, 0.5) is 0 Å². The highest BCUT2D eigenvalue weighted by Crippen LogP contribution is 2.16. The van der Waals surface area contributed by atoms with Gasteiger partial charge < -0.3 is 15.6 Å². The monoisotopic (exact) mass is 159 g/mol. The molecule has 0 spiro atoms. The van der Waals surface area contributed by atoms with E-state index in [1.54, 1.807) is 0 Å². The van der Waals surface area contributed by atoms with Crippen LogP contribution in [0.2, 0.25) is 0 Å². The summed E-state index contributed by atoms with van der Waals surface area (Å²) in [5.41, 5.74) is 5.28. The van der Waals surface area contributed by atoms with Gasteiger partial charge in [0.15, 0.2) is 0 Å². The Hall–Kier alpha value is -0.610. The second-order valence-corrected chi connectivity index (χ2v) is 2.78. The van der Waals surface area contributed by atoms with Crippen molar-refractivity contribution in [2.75, 3.05) is 6.54 Å². The summed E-state index contributed by atoms with van der Waals surface area (Å²) in [6, 6.07) is 0. The molecule has 1 saturated heterocycles. The van der Waals surface area contributed by atoms with Crippen molar-refractivity contribution >= 4 is 5.97 Å². The highest BCUT2D eigenvalue weighted by atomic mass is 16.5. The highest BCUT2D eigenvalue weighted by Gasteiger charge is 2.26. The maximum Gasteiger partial charge on any atom is 0.308 e. The van der Waals surface area contributed by atoms with Crippen LogP contribution in [0.5, 0.6) is 0 Å². The van der Waals surface area contributed by atoms with Crippen molar-refractivity contribution in [3.05, 3.63) is 0 Å². The standard InChI is InChI=1S/C7H13NO3/c8-2-1-6-3-5(9)4-7(10)11-6/h5-6,9H,1-4,8H2/t5-,6-/m0/s1. The lowest BCUT2D eigenvalue weighted by atomic mass is 10.0. The Morgan fingerprint density at radius 2 is 2.45 bits per heavy atom. The van der Waals surface area contributed by atoms with Gasteiger partial charge in [0.2, 0.25) is 0 Å². The zero-order valence-corrected chi connectivity index (χ0v) is 6.32. The van der Waals surface area contributed by atoms with Crippen LogP contribution in [0.1, 0.15) is 19.3 Å². The predicted molar refractivity (Wildman–Crippen MR) is 38.8 cm³/mol. The first-order valence-corrected chi connectivity index (χ1v) is 3.80. The van der Waals surface area contributed by atoms with Gasteiger partial charge >= 0.3 is 5.97 Å². The number of esters is 1. The summed E-state index contributed by atoms with van der Waals surface area (Å²) < 4.78 is 4.92. The second-order valence-electron chi connectivity index (χ2n) is 2.78. The average molecular weight is 159 g/mol. The first kappa shape index (κ1) is 8.49. The van der Waals surface area contributed by atoms with Crippen LogP contribution in [0.15, 0.2) is 0 Å². The van der Waals surface area contributed by atoms with E-state index in [9.17, 15) is 4.79 Å². The van der Waals surface area contributed by atoms with Gasteiger partial charge in [-0.1, -0.05) is 0 Å². The summed E-state index contributed by atoms with van der Waals surface area (Å²) in [5.74, 6) is -0.317. The molecule has 3 N–H and O–H groups in total. The van der Waals surface area contributed by atoms with Gasteiger partial charge in [0, 0.05) is 6.42 Å². The molecule has 0 aliphatic carbocycles. The Morgan fingerprint density at radius 1 is 1.73 bits per heavy atom. The summed E-state index contributed by atoms with van der Waals surface area (Å²) in [4.78, 5) is 10.7. The SMILES string of the molecule is NCC[C@H]1C[C@H](O)CC(=O)O1. The minimum atomic E-state index is -0.534. The van der Waals surface area contributed by atoms with Crippen LogP contribution in [0.3, 0.4) is 0 Å². The smallest absolute Gasteiger partial charge is 0.308 e. The molecule has 0 aromatic heterocycles. The van der Waals surface area contributed by atoms with Crippen LogP contribution in [0.25, 0.3) is 0 Å². The van der Waals surface area contributed by atoms with Crippen molar-refractivity contribution in [3.8, 4) is 0 Å². The van der Waals surface area contributed by atoms with Crippen LogP contribution in [-0.4, -0.2) is 29.8 Å². The third kappa shape index (κ3) is 2.48. The molecule has 4 heteroatoms. The molecule has 11 heavy (non-hydrogen) atoms. The average Bonchev–Trinajstić information content (AvgIpc) is 1.85. The Balaban J connectivity index is 2.36. The fourth-order valence-corrected chi connectivity index (χ4v) is 1.22. The largest absolute Gasteiger partial charge is 0.462 e. The number of carbonyl (C=O) groups is 1. The van der Waals surface area contributed by atoms with E-state index < -0.39 is 6.10 Å². The second kappa shape index (κ2) is 3.69. The van der Waals surface area contributed by atoms with Crippen LogP contribution in [-0.2, 0) is 9.53 Å². The molecule has 0 aromatic rings. The zero-order valence-electron chi connectivity index (χ0n) is 6.32. The molecule has 1 fully saturated rings. The lowest BCUT2D eigenvalue weighted by molar-refractivity contribution is -0.160. The molecule has 0 radical (unpaired) electrons. The van der Waals surface area contributed by atoms with Gasteiger partial charge in [-0.3, -0.25) is 4.79 Å². The molecule has 1 aliphatic heterocycles. The first-order chi connectivity index (χ1) is 5.22. The normalized spacial score (nSPS) is 31.6. The molecule has 2 atom stereocenters. The summed E-state index contributed by atoms with van der Waals surface area (Å²) in [5, 5.41) is 9.13. The maximum atomic E-state index is 10.7. The Bertz CT molecular complexity index is 149. The Morgan fingerprint density at radius 3 is 3.00 bits per heavy atom. The predicted octanol–water partition coefficient (Wildman–Crippen LogP) is -0.598. The fraction of sp³-hybridized carbons (Fsp3) is 0.857. The molecule has 64 valence electrons. The van der Waals surface area contributed by atoms with Gasteiger partial charge in [-0.05, 0) is 13.0 Å². The van der Waals surface area contributed by atoms with Gasteiger partial charge in [-0.25, -0.2) is 0 Å². The van der Waals surface area contributed by atoms with Gasteiger partial charge in [0.1, 0.15) is 6.10 Å². The summed E-state index contributed by atoms with van der Waals surface area (Å²) in [7, 11) is 0. The minimum Gasteiger partial charge on any atom is -0.462 e. The van der Waals surface area contributed by atoms with E-state index in [1.807, 2.05) is 0 Å². The van der Waals surface area contributed by atoms with Gasteiger partial charge in [-0.2, -0.15) is 0 Å². The van der Waals surface area contributed by atoms with Gasteiger partial charge in [-0.15, -0.1) is 0 Å². The lowest BCUT2D eigenvalue weighted by Crippen LogP contribution is -2.33. The van der Waals surface area contributed by atoms with Crippen molar-refractivity contribution in [2.45, 2.75) is 31.5 Å². The molecule has 1 aliphatic rings. The van der Waals surface area contributed by atoms with Crippen molar-refractivity contribution < 1.29 is 14.6 Å². The number of carbonyl (C=O) groups excluding carboxylic acids is 1. The summed E-state index contributed by atoms with van der Waals surface area (Å²) in [6.07, 6.45) is 0.594. The molecule has 0 amide bonds. The van der Waals surface area contributed by atoms with Crippen molar-refractivity contribution in [2.24, 2.45) is 5.73 Å². The van der Waals surface area contributed by atoms with Gasteiger partial charge in [0.05, 0.1) is 12.5 Å². The summed E-state index contributed by atoms with van der Waals surface area (Å²) in [6.45, 7) is 0.491. The third-order valence-corrected chi connectivity index (χ3v) is 1.72.